The van der Waals surface area contributed by atoms with Gasteiger partial charge in [-0.2, -0.15) is 0 Å². The van der Waals surface area contributed by atoms with E-state index in [0.29, 0.717) is 12.8 Å². The molecule has 0 amide bonds. The number of hydrogen-bond donors (Lipinski definition) is 0. The van der Waals surface area contributed by atoms with Crippen LogP contribution in [0.15, 0.2) is 85.1 Å². The number of carbonyl (C=O) groups is 3. The second-order valence-electron chi connectivity index (χ2n) is 21.7. The van der Waals surface area contributed by atoms with Gasteiger partial charge < -0.3 is 14.2 Å². The van der Waals surface area contributed by atoms with E-state index < -0.39 is 12.1 Å². The van der Waals surface area contributed by atoms with Crippen LogP contribution in [0.5, 0.6) is 0 Å². The summed E-state index contributed by atoms with van der Waals surface area (Å²) in [6.45, 7) is 6.47. The van der Waals surface area contributed by atoms with Crippen molar-refractivity contribution in [1.29, 1.82) is 0 Å². The molecule has 0 spiro atoms. The van der Waals surface area contributed by atoms with E-state index in [9.17, 15) is 14.4 Å². The molecule has 0 heterocycles. The summed E-state index contributed by atoms with van der Waals surface area (Å²) in [6.07, 6.45) is 84.8. The number of esters is 3. The van der Waals surface area contributed by atoms with Crippen LogP contribution in [0.3, 0.4) is 0 Å². The molecule has 0 N–H and O–H groups in total. The summed E-state index contributed by atoms with van der Waals surface area (Å²) in [6, 6.07) is 0. The van der Waals surface area contributed by atoms with Crippen LogP contribution in [-0.4, -0.2) is 37.2 Å². The van der Waals surface area contributed by atoms with Crippen molar-refractivity contribution in [3.63, 3.8) is 0 Å². The summed E-state index contributed by atoms with van der Waals surface area (Å²) in [5.41, 5.74) is 0. The van der Waals surface area contributed by atoms with Crippen LogP contribution in [0, 0.1) is 0 Å². The Kier molecular flexibility index (Phi) is 61.2. The van der Waals surface area contributed by atoms with Gasteiger partial charge in [-0.25, -0.2) is 0 Å². The maximum absolute atomic E-state index is 12.9. The van der Waals surface area contributed by atoms with Gasteiger partial charge in [-0.05, 0) is 77.0 Å². The van der Waals surface area contributed by atoms with Crippen LogP contribution in [-0.2, 0) is 28.6 Å². The second kappa shape index (κ2) is 64.1. The lowest BCUT2D eigenvalue weighted by atomic mass is 10.0. The SMILES string of the molecule is CC/C=C\C/C=C\C/C=C\C/C=C\C/C=C\CC(=O)OCC(COC(=O)CCCCCCCCCCCCCCCCC/C=C\C/C=C\CCCCCCC)OC(=O)CCCCCCCCCCCCCCCCCC. The summed E-state index contributed by atoms with van der Waals surface area (Å²) in [4.78, 5) is 38.2. The first kappa shape index (κ1) is 72.6. The summed E-state index contributed by atoms with van der Waals surface area (Å²) in [5.74, 6) is -1.02. The van der Waals surface area contributed by atoms with Gasteiger partial charge in [0.25, 0.3) is 0 Å². The Morgan fingerprint density at radius 2 is 0.566 bits per heavy atom. The van der Waals surface area contributed by atoms with Gasteiger partial charge in [-0.15, -0.1) is 0 Å². The molecule has 0 aromatic rings. The van der Waals surface area contributed by atoms with Gasteiger partial charge in [0.1, 0.15) is 13.2 Å². The molecule has 1 unspecified atom stereocenters. The first-order valence-corrected chi connectivity index (χ1v) is 32.6. The van der Waals surface area contributed by atoms with Crippen molar-refractivity contribution in [2.45, 2.75) is 329 Å². The lowest BCUT2D eigenvalue weighted by Crippen LogP contribution is -2.30. The molecule has 0 bridgehead atoms. The Hall–Kier alpha value is -3.41. The lowest BCUT2D eigenvalue weighted by Gasteiger charge is -2.18. The van der Waals surface area contributed by atoms with E-state index in [1.165, 1.54) is 205 Å². The number of unbranched alkanes of at least 4 members (excludes halogenated alkanes) is 35. The van der Waals surface area contributed by atoms with E-state index in [4.69, 9.17) is 14.2 Å². The maximum atomic E-state index is 12.9. The first-order chi connectivity index (χ1) is 37.5. The Morgan fingerprint density at radius 1 is 0.289 bits per heavy atom. The Balaban J connectivity index is 4.32. The highest BCUT2D eigenvalue weighted by atomic mass is 16.6. The molecular formula is C70H122O6. The highest BCUT2D eigenvalue weighted by Crippen LogP contribution is 2.17. The normalized spacial score (nSPS) is 12.6. The maximum Gasteiger partial charge on any atom is 0.309 e. The van der Waals surface area contributed by atoms with Crippen molar-refractivity contribution in [1.82, 2.24) is 0 Å². The quantitative estimate of drug-likeness (QED) is 0.0261. The lowest BCUT2D eigenvalue weighted by molar-refractivity contribution is -0.166. The fourth-order valence-electron chi connectivity index (χ4n) is 9.31. The van der Waals surface area contributed by atoms with Crippen molar-refractivity contribution in [2.24, 2.45) is 0 Å². The third-order valence-corrected chi connectivity index (χ3v) is 14.2. The zero-order chi connectivity index (χ0) is 55.0. The predicted molar refractivity (Wildman–Crippen MR) is 330 cm³/mol. The van der Waals surface area contributed by atoms with Gasteiger partial charge >= 0.3 is 17.9 Å². The van der Waals surface area contributed by atoms with Crippen LogP contribution in [0.2, 0.25) is 0 Å². The second-order valence-corrected chi connectivity index (χ2v) is 21.7. The van der Waals surface area contributed by atoms with Crippen LogP contribution >= 0.6 is 0 Å². The summed E-state index contributed by atoms with van der Waals surface area (Å²) < 4.78 is 16.8. The number of rotatable bonds is 59. The van der Waals surface area contributed by atoms with Gasteiger partial charge in [0.15, 0.2) is 6.10 Å². The topological polar surface area (TPSA) is 78.9 Å². The molecule has 0 aliphatic heterocycles. The number of carbonyl (C=O) groups excluding carboxylic acids is 3. The predicted octanol–water partition coefficient (Wildman–Crippen LogP) is 22.3. The molecule has 76 heavy (non-hydrogen) atoms. The molecule has 0 fully saturated rings. The van der Waals surface area contributed by atoms with E-state index in [1.54, 1.807) is 6.08 Å². The molecule has 0 aromatic carbocycles. The third kappa shape index (κ3) is 61.4. The van der Waals surface area contributed by atoms with Gasteiger partial charge in [-0.1, -0.05) is 311 Å². The standard InChI is InChI=1S/C70H122O6/c1-4-7-10-13-16-19-22-25-28-30-31-32-33-34-35-36-37-38-39-40-43-45-48-51-54-57-60-63-69(72)75-66-67(65-74-68(71)62-59-56-53-50-47-44-41-27-24-21-18-15-12-9-6-3)76-70(73)64-61-58-55-52-49-46-42-29-26-23-20-17-14-11-8-5-2/h9,12,18,21-22,25,27,30-31,41,47,50,56,59,67H,4-8,10-11,13-17,19-20,23-24,26,28-29,32-40,42-46,48-49,51-55,57-58,60-66H2,1-3H3/b12-9-,21-18-,25-22-,31-30-,41-27-,50-47-,59-56-. The molecule has 6 nitrogen and oxygen atoms in total. The van der Waals surface area contributed by atoms with Crippen LogP contribution in [0.1, 0.15) is 323 Å². The summed E-state index contributed by atoms with van der Waals surface area (Å²) in [7, 11) is 0. The van der Waals surface area contributed by atoms with E-state index in [2.05, 4.69) is 93.7 Å². The Labute approximate surface area is 471 Å². The van der Waals surface area contributed by atoms with Crippen molar-refractivity contribution in [3.8, 4) is 0 Å². The van der Waals surface area contributed by atoms with E-state index in [-0.39, 0.29) is 31.6 Å². The van der Waals surface area contributed by atoms with Gasteiger partial charge in [0, 0.05) is 12.8 Å². The van der Waals surface area contributed by atoms with Gasteiger partial charge in [-0.3, -0.25) is 14.4 Å². The molecule has 0 aliphatic rings. The minimum atomic E-state index is -0.815. The van der Waals surface area contributed by atoms with Crippen LogP contribution in [0.4, 0.5) is 0 Å². The van der Waals surface area contributed by atoms with Crippen LogP contribution < -0.4 is 0 Å². The summed E-state index contributed by atoms with van der Waals surface area (Å²) in [5, 5.41) is 0. The molecule has 0 saturated carbocycles. The molecule has 0 saturated heterocycles. The monoisotopic (exact) mass is 1060 g/mol. The highest BCUT2D eigenvalue weighted by Gasteiger charge is 2.19. The van der Waals surface area contributed by atoms with E-state index in [1.807, 2.05) is 6.08 Å². The number of hydrogen-bond acceptors (Lipinski definition) is 6. The van der Waals surface area contributed by atoms with Crippen molar-refractivity contribution < 1.29 is 28.6 Å². The zero-order valence-electron chi connectivity index (χ0n) is 50.3. The highest BCUT2D eigenvalue weighted by molar-refractivity contribution is 5.72. The molecule has 1 atom stereocenters. The van der Waals surface area contributed by atoms with Gasteiger partial charge in [0.2, 0.25) is 0 Å². The van der Waals surface area contributed by atoms with Crippen molar-refractivity contribution in [2.75, 3.05) is 13.2 Å². The largest absolute Gasteiger partial charge is 0.462 e. The Morgan fingerprint density at radius 3 is 0.921 bits per heavy atom. The third-order valence-electron chi connectivity index (χ3n) is 14.2. The average Bonchev–Trinajstić information content (AvgIpc) is 3.42. The molecule has 0 radical (unpaired) electrons. The molecular weight excluding hydrogens is 937 g/mol. The van der Waals surface area contributed by atoms with Gasteiger partial charge in [0.05, 0.1) is 6.42 Å². The zero-order valence-corrected chi connectivity index (χ0v) is 50.3. The average molecular weight is 1060 g/mol. The summed E-state index contributed by atoms with van der Waals surface area (Å²) >= 11 is 0. The fourth-order valence-corrected chi connectivity index (χ4v) is 9.31. The Bertz CT molecular complexity index is 1450. The molecule has 6 heteroatoms. The molecule has 438 valence electrons. The van der Waals surface area contributed by atoms with Crippen molar-refractivity contribution >= 4 is 17.9 Å². The molecule has 0 rings (SSSR count). The molecule has 0 aliphatic carbocycles. The minimum absolute atomic E-state index is 0.103. The number of allylic oxidation sites excluding steroid dienone is 13. The number of ether oxygens (including phenoxy) is 3. The van der Waals surface area contributed by atoms with E-state index in [0.717, 1.165) is 77.0 Å². The van der Waals surface area contributed by atoms with Crippen molar-refractivity contribution in [3.05, 3.63) is 85.1 Å². The smallest absolute Gasteiger partial charge is 0.309 e. The molecule has 0 aromatic heterocycles. The van der Waals surface area contributed by atoms with E-state index >= 15 is 0 Å². The first-order valence-electron chi connectivity index (χ1n) is 32.6. The van der Waals surface area contributed by atoms with Crippen LogP contribution in [0.25, 0.3) is 0 Å². The minimum Gasteiger partial charge on any atom is -0.462 e. The fraction of sp³-hybridized carbons (Fsp3) is 0.757.